The zero-order valence-corrected chi connectivity index (χ0v) is 19.8. The fourth-order valence-corrected chi connectivity index (χ4v) is 6.33. The number of carbonyl (C=O) groups excluding carboxylic acids is 2. The summed E-state index contributed by atoms with van der Waals surface area (Å²) in [5.74, 6) is -1.83. The molecule has 0 spiro atoms. The Labute approximate surface area is 187 Å². The van der Waals surface area contributed by atoms with Gasteiger partial charge in [0.1, 0.15) is 11.4 Å². The molecule has 3 rings (SSSR count). The van der Waals surface area contributed by atoms with Crippen LogP contribution in [0.3, 0.4) is 0 Å². The summed E-state index contributed by atoms with van der Waals surface area (Å²) in [4.78, 5) is 41.0. The number of nitrogens with one attached hydrogen (secondary N) is 2. The van der Waals surface area contributed by atoms with Gasteiger partial charge in [0, 0.05) is 42.8 Å². The van der Waals surface area contributed by atoms with E-state index in [-0.39, 0.29) is 46.8 Å². The van der Waals surface area contributed by atoms with Crippen molar-refractivity contribution in [1.82, 2.24) is 20.4 Å². The van der Waals surface area contributed by atoms with Crippen molar-refractivity contribution in [1.29, 1.82) is 0 Å². The lowest BCUT2D eigenvalue weighted by atomic mass is 9.77. The van der Waals surface area contributed by atoms with Gasteiger partial charge in [-0.15, -0.1) is 11.8 Å². The van der Waals surface area contributed by atoms with Gasteiger partial charge in [-0.25, -0.2) is 4.79 Å². The number of thioether (sulfide) groups is 1. The maximum absolute atomic E-state index is 13.0. The molecule has 174 valence electrons. The minimum atomic E-state index is -1.10. The molecule has 0 aromatic heterocycles. The van der Waals surface area contributed by atoms with E-state index in [1.165, 1.54) is 16.7 Å². The molecule has 0 bridgehead atoms. The summed E-state index contributed by atoms with van der Waals surface area (Å²) in [6, 6.07) is -0.810. The molecular formula is C21H34N4O5S. The summed E-state index contributed by atoms with van der Waals surface area (Å²) < 4.78 is 0. The first-order valence-electron chi connectivity index (χ1n) is 10.8. The standard InChI is InChI=1S/C21H34N4O5S/c1-7-21(4,30)23-11(3)14-15-10(2)17(16(20(28)29)25(15)19(14)27)31-12-8-13(22-9-12)18(26)24(5)6/h10-15,22-23,30H,7-9H2,1-6H3,(H,28,29)/t10-,11-,12+,13+,14-,15-,21?/m1/s1. The number of nitrogens with zero attached hydrogens (tertiary/aromatic N) is 2. The number of hydrogen-bond acceptors (Lipinski definition) is 7. The van der Waals surface area contributed by atoms with Crippen LogP contribution in [0.15, 0.2) is 10.6 Å². The van der Waals surface area contributed by atoms with Crippen LogP contribution in [0.5, 0.6) is 0 Å². The van der Waals surface area contributed by atoms with Crippen LogP contribution in [0, 0.1) is 11.8 Å². The molecule has 3 aliphatic heterocycles. The van der Waals surface area contributed by atoms with E-state index in [4.69, 9.17) is 0 Å². The van der Waals surface area contributed by atoms with E-state index >= 15 is 0 Å². The molecule has 10 heteroatoms. The van der Waals surface area contributed by atoms with Crippen molar-refractivity contribution >= 4 is 29.5 Å². The molecule has 9 nitrogen and oxygen atoms in total. The second-order valence-electron chi connectivity index (χ2n) is 9.26. The maximum atomic E-state index is 13.0. The predicted molar refractivity (Wildman–Crippen MR) is 118 cm³/mol. The Bertz CT molecular complexity index is 799. The van der Waals surface area contributed by atoms with Gasteiger partial charge in [0.2, 0.25) is 11.8 Å². The Hall–Kier alpha value is -1.62. The number of carbonyl (C=O) groups is 3. The van der Waals surface area contributed by atoms with Gasteiger partial charge < -0.3 is 25.3 Å². The highest BCUT2D eigenvalue weighted by Crippen LogP contribution is 2.52. The molecule has 2 saturated heterocycles. The van der Waals surface area contributed by atoms with Crippen LogP contribution in [-0.4, -0.2) is 87.5 Å². The third kappa shape index (κ3) is 4.35. The van der Waals surface area contributed by atoms with E-state index in [2.05, 4.69) is 10.6 Å². The molecule has 0 radical (unpaired) electrons. The average Bonchev–Trinajstić information content (AvgIpc) is 3.23. The molecule has 3 heterocycles. The lowest BCUT2D eigenvalue weighted by molar-refractivity contribution is -0.159. The number of rotatable bonds is 8. The molecule has 1 unspecified atom stereocenters. The molecule has 31 heavy (non-hydrogen) atoms. The Kier molecular flexibility index (Phi) is 6.76. The number of carboxylic acids is 1. The number of aliphatic carboxylic acids is 1. The summed E-state index contributed by atoms with van der Waals surface area (Å²) in [5, 5.41) is 26.6. The van der Waals surface area contributed by atoms with Crippen molar-refractivity contribution in [3.05, 3.63) is 10.6 Å². The lowest BCUT2D eigenvalue weighted by Crippen LogP contribution is -2.67. The first-order valence-corrected chi connectivity index (χ1v) is 11.7. The Balaban J connectivity index is 1.76. The zero-order valence-electron chi connectivity index (χ0n) is 19.0. The van der Waals surface area contributed by atoms with Gasteiger partial charge in [-0.05, 0) is 26.7 Å². The van der Waals surface area contributed by atoms with Crippen molar-refractivity contribution in [2.45, 2.75) is 69.6 Å². The molecular weight excluding hydrogens is 420 g/mol. The van der Waals surface area contributed by atoms with Crippen LogP contribution in [0.25, 0.3) is 0 Å². The molecule has 7 atom stereocenters. The largest absolute Gasteiger partial charge is 0.477 e. The number of β-lactam (4-membered cyclic amide) rings is 1. The van der Waals surface area contributed by atoms with Crippen molar-refractivity contribution in [2.24, 2.45) is 11.8 Å². The highest BCUT2D eigenvalue weighted by Gasteiger charge is 2.60. The number of hydrogen-bond donors (Lipinski definition) is 4. The Morgan fingerprint density at radius 1 is 1.42 bits per heavy atom. The van der Waals surface area contributed by atoms with Crippen molar-refractivity contribution < 1.29 is 24.6 Å². The van der Waals surface area contributed by atoms with E-state index in [0.717, 1.165) is 0 Å². The van der Waals surface area contributed by atoms with Crippen LogP contribution in [0.4, 0.5) is 0 Å². The van der Waals surface area contributed by atoms with E-state index in [1.807, 2.05) is 20.8 Å². The SMILES string of the molecule is CCC(C)(O)N[C@H](C)[C@H]1C(=O)N2C(C(=O)O)=C(S[C@@H]3CN[C@H](C(=O)N(C)C)C3)[C@H](C)[C@H]12. The minimum absolute atomic E-state index is 0.0111. The molecule has 0 aliphatic carbocycles. The monoisotopic (exact) mass is 454 g/mol. The summed E-state index contributed by atoms with van der Waals surface area (Å²) in [5.41, 5.74) is -1.02. The highest BCUT2D eigenvalue weighted by molar-refractivity contribution is 8.03. The van der Waals surface area contributed by atoms with Gasteiger partial charge in [-0.1, -0.05) is 13.8 Å². The Morgan fingerprint density at radius 3 is 2.61 bits per heavy atom. The van der Waals surface area contributed by atoms with Gasteiger partial charge in [-0.2, -0.15) is 0 Å². The topological polar surface area (TPSA) is 122 Å². The van der Waals surface area contributed by atoms with E-state index in [9.17, 15) is 24.6 Å². The van der Waals surface area contributed by atoms with Crippen LogP contribution in [0.1, 0.15) is 40.5 Å². The molecule has 4 N–H and O–H groups in total. The fraction of sp³-hybridized carbons (Fsp3) is 0.762. The smallest absolute Gasteiger partial charge is 0.353 e. The molecule has 3 aliphatic rings. The quantitative estimate of drug-likeness (QED) is 0.307. The van der Waals surface area contributed by atoms with Crippen LogP contribution < -0.4 is 10.6 Å². The van der Waals surface area contributed by atoms with E-state index in [0.29, 0.717) is 24.3 Å². The number of carboxylic acid groups (broad SMARTS) is 1. The lowest BCUT2D eigenvalue weighted by Gasteiger charge is -2.49. The fourth-order valence-electron chi connectivity index (χ4n) is 4.85. The zero-order chi connectivity index (χ0) is 23.2. The first kappa shape index (κ1) is 24.0. The summed E-state index contributed by atoms with van der Waals surface area (Å²) in [7, 11) is 3.44. The van der Waals surface area contributed by atoms with Crippen LogP contribution >= 0.6 is 11.8 Å². The van der Waals surface area contributed by atoms with Gasteiger partial charge in [-0.3, -0.25) is 14.9 Å². The van der Waals surface area contributed by atoms with Gasteiger partial charge in [0.15, 0.2) is 0 Å². The summed E-state index contributed by atoms with van der Waals surface area (Å²) in [6.45, 7) is 7.96. The van der Waals surface area contributed by atoms with Gasteiger partial charge in [0.05, 0.1) is 18.0 Å². The summed E-state index contributed by atoms with van der Waals surface area (Å²) >= 11 is 1.48. The third-order valence-corrected chi connectivity index (χ3v) is 8.19. The second kappa shape index (κ2) is 8.73. The highest BCUT2D eigenvalue weighted by atomic mass is 32.2. The van der Waals surface area contributed by atoms with Crippen LogP contribution in [0.2, 0.25) is 0 Å². The van der Waals surface area contributed by atoms with Gasteiger partial charge in [0.25, 0.3) is 0 Å². The van der Waals surface area contributed by atoms with Crippen molar-refractivity contribution in [3.63, 3.8) is 0 Å². The normalized spacial score (nSPS) is 33.1. The predicted octanol–water partition coefficient (Wildman–Crippen LogP) is 0.408. The van der Waals surface area contributed by atoms with Crippen molar-refractivity contribution in [3.8, 4) is 0 Å². The number of amides is 2. The van der Waals surface area contributed by atoms with Crippen molar-refractivity contribution in [2.75, 3.05) is 20.6 Å². The summed E-state index contributed by atoms with van der Waals surface area (Å²) in [6.07, 6.45) is 1.10. The number of likely N-dealkylation sites (N-methyl/N-ethyl adjacent to an activating group) is 1. The number of fused-ring (bicyclic) bond motifs is 1. The van der Waals surface area contributed by atoms with Crippen LogP contribution in [-0.2, 0) is 14.4 Å². The molecule has 2 fully saturated rings. The van der Waals surface area contributed by atoms with Gasteiger partial charge >= 0.3 is 5.97 Å². The van der Waals surface area contributed by atoms with E-state index < -0.39 is 17.6 Å². The molecule has 0 aromatic carbocycles. The Morgan fingerprint density at radius 2 is 2.06 bits per heavy atom. The molecule has 2 amide bonds. The number of aliphatic hydroxyl groups is 1. The van der Waals surface area contributed by atoms with E-state index in [1.54, 1.807) is 25.9 Å². The molecule has 0 aromatic rings. The maximum Gasteiger partial charge on any atom is 0.353 e. The first-order chi connectivity index (χ1) is 14.4. The molecule has 0 saturated carbocycles. The average molecular weight is 455 g/mol. The second-order valence-corrected chi connectivity index (χ2v) is 10.6. The minimum Gasteiger partial charge on any atom is -0.477 e. The third-order valence-electron chi connectivity index (χ3n) is 6.68.